The number of hydrogen-bond donors (Lipinski definition) is 2. The Kier molecular flexibility index (Phi) is 7.82. The summed E-state index contributed by atoms with van der Waals surface area (Å²) in [7, 11) is -0.735. The Balaban J connectivity index is 0.00000264. The molecule has 1 heterocycles. The zero-order valence-corrected chi connectivity index (χ0v) is 16.1. The summed E-state index contributed by atoms with van der Waals surface area (Å²) < 4.78 is 38.5. The lowest BCUT2D eigenvalue weighted by atomic mass is 10.1. The fourth-order valence-corrected chi connectivity index (χ4v) is 4.01. The lowest BCUT2D eigenvalue weighted by Gasteiger charge is -2.16. The molecule has 130 valence electrons. The Bertz CT molecular complexity index is 680. The number of ether oxygens (including phenoxy) is 2. The molecule has 9 heteroatoms. The van der Waals surface area contributed by atoms with Crippen molar-refractivity contribution in [2.24, 2.45) is 0 Å². The molecule has 1 aliphatic heterocycles. The molecule has 0 unspecified atom stereocenters. The Hall–Kier alpha value is -0.800. The van der Waals surface area contributed by atoms with Gasteiger partial charge < -0.3 is 14.8 Å². The van der Waals surface area contributed by atoms with E-state index < -0.39 is 10.0 Å². The zero-order valence-electron chi connectivity index (χ0n) is 12.9. The fourth-order valence-electron chi connectivity index (χ4n) is 2.14. The molecule has 0 amide bonds. The first-order valence-corrected chi connectivity index (χ1v) is 9.05. The maximum Gasteiger partial charge on any atom is 0.244 e. The van der Waals surface area contributed by atoms with Crippen LogP contribution in [-0.4, -0.2) is 42.3 Å². The van der Waals surface area contributed by atoms with Gasteiger partial charge in [0.25, 0.3) is 0 Å². The molecular weight excluding hydrogens is 408 g/mol. The van der Waals surface area contributed by atoms with Gasteiger partial charge in [0.05, 0.1) is 18.7 Å². The van der Waals surface area contributed by atoms with Gasteiger partial charge in [-0.2, -0.15) is 0 Å². The second-order valence-electron chi connectivity index (χ2n) is 4.78. The van der Waals surface area contributed by atoms with E-state index in [1.807, 2.05) is 6.08 Å². The van der Waals surface area contributed by atoms with Crippen molar-refractivity contribution in [1.29, 1.82) is 0 Å². The summed E-state index contributed by atoms with van der Waals surface area (Å²) in [6, 6.07) is 3.03. The van der Waals surface area contributed by atoms with Crippen LogP contribution in [0.4, 0.5) is 0 Å². The molecule has 0 aromatic heterocycles. The van der Waals surface area contributed by atoms with Crippen molar-refractivity contribution in [3.05, 3.63) is 28.3 Å². The summed E-state index contributed by atoms with van der Waals surface area (Å²) in [6.45, 7) is 1.94. The maximum atomic E-state index is 12.5. The summed E-state index contributed by atoms with van der Waals surface area (Å²) in [5.74, 6) is 0.753. The second-order valence-corrected chi connectivity index (χ2v) is 7.37. The lowest BCUT2D eigenvalue weighted by Crippen LogP contribution is -2.30. The van der Waals surface area contributed by atoms with Crippen LogP contribution in [0.2, 0.25) is 0 Å². The first-order valence-electron chi connectivity index (χ1n) is 6.77. The normalized spacial score (nSPS) is 14.7. The first-order chi connectivity index (χ1) is 10.5. The van der Waals surface area contributed by atoms with Crippen molar-refractivity contribution in [3.8, 4) is 11.5 Å². The van der Waals surface area contributed by atoms with Crippen LogP contribution in [0.3, 0.4) is 0 Å². The van der Waals surface area contributed by atoms with Crippen molar-refractivity contribution in [2.45, 2.75) is 11.3 Å². The minimum atomic E-state index is -3.67. The molecule has 0 bridgehead atoms. The minimum Gasteiger partial charge on any atom is -0.495 e. The van der Waals surface area contributed by atoms with Crippen LogP contribution < -0.4 is 19.5 Å². The number of nitrogens with one attached hydrogen (secondary N) is 2. The molecule has 1 aliphatic rings. The molecule has 0 radical (unpaired) electrons. The van der Waals surface area contributed by atoms with Gasteiger partial charge in [0, 0.05) is 19.2 Å². The SMILES string of the molecule is COc1cc(OC)c(S(=O)(=O)NCC2=CCNCC2)cc1Br.Cl. The largest absolute Gasteiger partial charge is 0.495 e. The number of rotatable bonds is 6. The van der Waals surface area contributed by atoms with E-state index in [1.165, 1.54) is 20.3 Å². The molecule has 0 fully saturated rings. The van der Waals surface area contributed by atoms with Gasteiger partial charge in [-0.1, -0.05) is 11.6 Å². The van der Waals surface area contributed by atoms with E-state index in [9.17, 15) is 8.42 Å². The van der Waals surface area contributed by atoms with Crippen LogP contribution in [0.5, 0.6) is 11.5 Å². The summed E-state index contributed by atoms with van der Waals surface area (Å²) in [5.41, 5.74) is 1.08. The van der Waals surface area contributed by atoms with Crippen molar-refractivity contribution in [1.82, 2.24) is 10.0 Å². The van der Waals surface area contributed by atoms with Gasteiger partial charge in [-0.05, 0) is 35.0 Å². The molecular formula is C14H20BrClN2O4S. The van der Waals surface area contributed by atoms with Crippen LogP contribution in [0, 0.1) is 0 Å². The van der Waals surface area contributed by atoms with E-state index in [4.69, 9.17) is 9.47 Å². The third-order valence-electron chi connectivity index (χ3n) is 3.37. The second kappa shape index (κ2) is 8.89. The highest BCUT2D eigenvalue weighted by molar-refractivity contribution is 9.10. The number of sulfonamides is 1. The third kappa shape index (κ3) is 5.09. The van der Waals surface area contributed by atoms with E-state index in [1.54, 1.807) is 6.07 Å². The van der Waals surface area contributed by atoms with Crippen molar-refractivity contribution < 1.29 is 17.9 Å². The number of halogens is 2. The highest BCUT2D eigenvalue weighted by Crippen LogP contribution is 2.35. The fraction of sp³-hybridized carbons (Fsp3) is 0.429. The number of methoxy groups -OCH3 is 2. The average molecular weight is 428 g/mol. The van der Waals surface area contributed by atoms with Crippen LogP contribution in [0.25, 0.3) is 0 Å². The quantitative estimate of drug-likeness (QED) is 0.680. The van der Waals surface area contributed by atoms with E-state index in [2.05, 4.69) is 26.0 Å². The van der Waals surface area contributed by atoms with E-state index in [0.717, 1.165) is 25.1 Å². The molecule has 0 aliphatic carbocycles. The smallest absolute Gasteiger partial charge is 0.244 e. The van der Waals surface area contributed by atoms with E-state index in [-0.39, 0.29) is 23.1 Å². The third-order valence-corrected chi connectivity index (χ3v) is 5.42. The van der Waals surface area contributed by atoms with Crippen molar-refractivity contribution >= 4 is 38.4 Å². The van der Waals surface area contributed by atoms with Gasteiger partial charge in [0.2, 0.25) is 10.0 Å². The Morgan fingerprint density at radius 2 is 1.96 bits per heavy atom. The van der Waals surface area contributed by atoms with Gasteiger partial charge >= 0.3 is 0 Å². The molecule has 2 rings (SSSR count). The molecule has 0 saturated carbocycles. The summed E-state index contributed by atoms with van der Waals surface area (Å²) in [6.07, 6.45) is 2.85. The van der Waals surface area contributed by atoms with Crippen molar-refractivity contribution in [3.63, 3.8) is 0 Å². The summed E-state index contributed by atoms with van der Waals surface area (Å²) in [5, 5.41) is 3.19. The van der Waals surface area contributed by atoms with Crippen LogP contribution in [0.15, 0.2) is 33.2 Å². The maximum absolute atomic E-state index is 12.5. The molecule has 23 heavy (non-hydrogen) atoms. The standard InChI is InChI=1S/C14H19BrN2O4S.ClH/c1-20-12-8-13(21-2)14(7-11(12)15)22(18,19)17-9-10-3-5-16-6-4-10;/h3,7-8,16-17H,4-6,9H2,1-2H3;1H. The molecule has 6 nitrogen and oxygen atoms in total. The molecule has 0 saturated heterocycles. The molecule has 0 atom stereocenters. The topological polar surface area (TPSA) is 76.7 Å². The number of hydrogen-bond acceptors (Lipinski definition) is 5. The van der Waals surface area contributed by atoms with Gasteiger partial charge in [-0.3, -0.25) is 0 Å². The molecule has 1 aromatic carbocycles. The highest BCUT2D eigenvalue weighted by Gasteiger charge is 2.22. The molecule has 0 spiro atoms. The van der Waals surface area contributed by atoms with E-state index in [0.29, 0.717) is 16.8 Å². The van der Waals surface area contributed by atoms with Crippen LogP contribution >= 0.6 is 28.3 Å². The zero-order chi connectivity index (χ0) is 16.2. The van der Waals surface area contributed by atoms with Crippen LogP contribution in [-0.2, 0) is 10.0 Å². The monoisotopic (exact) mass is 426 g/mol. The van der Waals surface area contributed by atoms with Gasteiger partial charge in [0.15, 0.2) is 0 Å². The van der Waals surface area contributed by atoms with Gasteiger partial charge in [0.1, 0.15) is 16.4 Å². The first kappa shape index (κ1) is 20.2. The van der Waals surface area contributed by atoms with Gasteiger partial charge in [-0.15, -0.1) is 12.4 Å². The van der Waals surface area contributed by atoms with Crippen LogP contribution in [0.1, 0.15) is 6.42 Å². The minimum absolute atomic E-state index is 0. The Morgan fingerprint density at radius 3 is 2.52 bits per heavy atom. The highest BCUT2D eigenvalue weighted by atomic mass is 79.9. The lowest BCUT2D eigenvalue weighted by molar-refractivity contribution is 0.384. The van der Waals surface area contributed by atoms with Crippen molar-refractivity contribution in [2.75, 3.05) is 33.9 Å². The number of benzene rings is 1. The van der Waals surface area contributed by atoms with E-state index >= 15 is 0 Å². The predicted octanol–water partition coefficient (Wildman–Crippen LogP) is 2.09. The summed E-state index contributed by atoms with van der Waals surface area (Å²) in [4.78, 5) is 0.0807. The summed E-state index contributed by atoms with van der Waals surface area (Å²) >= 11 is 3.30. The molecule has 2 N–H and O–H groups in total. The average Bonchev–Trinajstić information content (AvgIpc) is 2.53. The van der Waals surface area contributed by atoms with Gasteiger partial charge in [-0.25, -0.2) is 13.1 Å². The predicted molar refractivity (Wildman–Crippen MR) is 95.3 cm³/mol. The Morgan fingerprint density at radius 1 is 1.26 bits per heavy atom. The Labute approximate surface area is 151 Å². The molecule has 1 aromatic rings.